The average Bonchev–Trinajstić information content (AvgIpc) is 2.93. The van der Waals surface area contributed by atoms with Crippen LogP contribution in [0, 0.1) is 13.8 Å². The summed E-state index contributed by atoms with van der Waals surface area (Å²) in [6, 6.07) is 9.54. The standard InChI is InChI=1S/C17H17ClN4O/c1-11-9-12(2)22-16(21-11)15(10-20-22)17(23)19-8-7-13-3-5-14(18)6-4-13/h3-6,9-10H,7-8H2,1-2H3,(H,19,23). The van der Waals surface area contributed by atoms with Gasteiger partial charge in [-0.1, -0.05) is 23.7 Å². The Labute approximate surface area is 139 Å². The Morgan fingerprint density at radius 2 is 2.00 bits per heavy atom. The fraction of sp³-hybridized carbons (Fsp3) is 0.235. The van der Waals surface area contributed by atoms with Crippen LogP contribution in [0.2, 0.25) is 5.02 Å². The summed E-state index contributed by atoms with van der Waals surface area (Å²) in [5.41, 5.74) is 4.03. The zero-order valence-electron chi connectivity index (χ0n) is 13.0. The number of nitrogens with one attached hydrogen (secondary N) is 1. The van der Waals surface area contributed by atoms with E-state index in [1.807, 2.05) is 44.2 Å². The van der Waals surface area contributed by atoms with E-state index in [1.165, 1.54) is 0 Å². The smallest absolute Gasteiger partial charge is 0.256 e. The maximum absolute atomic E-state index is 12.4. The molecule has 5 nitrogen and oxygen atoms in total. The van der Waals surface area contributed by atoms with Gasteiger partial charge < -0.3 is 5.32 Å². The highest BCUT2D eigenvalue weighted by Gasteiger charge is 2.14. The summed E-state index contributed by atoms with van der Waals surface area (Å²) in [6.07, 6.45) is 2.31. The molecule has 0 atom stereocenters. The molecule has 0 radical (unpaired) electrons. The van der Waals surface area contributed by atoms with Gasteiger partial charge in [0.15, 0.2) is 5.65 Å². The maximum Gasteiger partial charge on any atom is 0.256 e. The van der Waals surface area contributed by atoms with Crippen molar-refractivity contribution in [3.8, 4) is 0 Å². The second-order valence-electron chi connectivity index (χ2n) is 5.46. The number of rotatable bonds is 4. The molecule has 2 aromatic heterocycles. The van der Waals surface area contributed by atoms with Crippen molar-refractivity contribution in [2.24, 2.45) is 0 Å². The Morgan fingerprint density at radius 1 is 1.26 bits per heavy atom. The van der Waals surface area contributed by atoms with Crippen LogP contribution in [0.15, 0.2) is 36.5 Å². The second kappa shape index (κ2) is 6.38. The third-order valence-electron chi connectivity index (χ3n) is 3.64. The zero-order chi connectivity index (χ0) is 16.4. The topological polar surface area (TPSA) is 59.3 Å². The first kappa shape index (κ1) is 15.5. The first-order chi connectivity index (χ1) is 11.0. The van der Waals surface area contributed by atoms with E-state index in [2.05, 4.69) is 15.4 Å². The molecule has 0 saturated heterocycles. The summed E-state index contributed by atoms with van der Waals surface area (Å²) in [5, 5.41) is 7.86. The first-order valence-electron chi connectivity index (χ1n) is 7.39. The van der Waals surface area contributed by atoms with Crippen molar-refractivity contribution in [3.05, 3.63) is 64.1 Å². The van der Waals surface area contributed by atoms with E-state index in [-0.39, 0.29) is 5.91 Å². The van der Waals surface area contributed by atoms with Crippen LogP contribution in [0.5, 0.6) is 0 Å². The highest BCUT2D eigenvalue weighted by Crippen LogP contribution is 2.12. The van der Waals surface area contributed by atoms with Gasteiger partial charge in [0.1, 0.15) is 5.56 Å². The van der Waals surface area contributed by atoms with Crippen LogP contribution in [0.1, 0.15) is 27.3 Å². The number of nitrogens with zero attached hydrogens (tertiary/aromatic N) is 3. The predicted molar refractivity (Wildman–Crippen MR) is 90.0 cm³/mol. The minimum absolute atomic E-state index is 0.161. The molecular formula is C17H17ClN4O. The lowest BCUT2D eigenvalue weighted by Crippen LogP contribution is -2.25. The Hall–Kier alpha value is -2.40. The summed E-state index contributed by atoms with van der Waals surface area (Å²) in [4.78, 5) is 16.8. The Bertz CT molecular complexity index is 855. The number of fused-ring (bicyclic) bond motifs is 1. The van der Waals surface area contributed by atoms with Crippen molar-refractivity contribution < 1.29 is 4.79 Å². The molecular weight excluding hydrogens is 312 g/mol. The van der Waals surface area contributed by atoms with Gasteiger partial charge in [-0.15, -0.1) is 0 Å². The molecule has 1 amide bonds. The average molecular weight is 329 g/mol. The summed E-state index contributed by atoms with van der Waals surface area (Å²) in [6.45, 7) is 4.39. The van der Waals surface area contributed by atoms with E-state index in [9.17, 15) is 4.79 Å². The first-order valence-corrected chi connectivity index (χ1v) is 7.77. The molecule has 0 spiro atoms. The van der Waals surface area contributed by atoms with Gasteiger partial charge in [0.05, 0.1) is 6.20 Å². The van der Waals surface area contributed by atoms with E-state index in [1.54, 1.807) is 10.7 Å². The lowest BCUT2D eigenvalue weighted by atomic mass is 10.1. The van der Waals surface area contributed by atoms with Crippen molar-refractivity contribution in [1.29, 1.82) is 0 Å². The molecule has 0 aliphatic carbocycles. The number of amides is 1. The van der Waals surface area contributed by atoms with Crippen LogP contribution in [0.25, 0.3) is 5.65 Å². The molecule has 2 heterocycles. The quantitative estimate of drug-likeness (QED) is 0.801. The van der Waals surface area contributed by atoms with Crippen LogP contribution >= 0.6 is 11.6 Å². The molecule has 1 N–H and O–H groups in total. The van der Waals surface area contributed by atoms with E-state index in [4.69, 9.17) is 11.6 Å². The molecule has 0 aliphatic rings. The molecule has 0 unspecified atom stereocenters. The number of hydrogen-bond acceptors (Lipinski definition) is 3. The minimum atomic E-state index is -0.161. The zero-order valence-corrected chi connectivity index (χ0v) is 13.8. The largest absolute Gasteiger partial charge is 0.352 e. The van der Waals surface area contributed by atoms with Crippen LogP contribution < -0.4 is 5.32 Å². The molecule has 23 heavy (non-hydrogen) atoms. The number of hydrogen-bond donors (Lipinski definition) is 1. The van der Waals surface area contributed by atoms with Crippen molar-refractivity contribution in [1.82, 2.24) is 19.9 Å². The Kier molecular flexibility index (Phi) is 4.30. The van der Waals surface area contributed by atoms with Gasteiger partial charge in [0.25, 0.3) is 5.91 Å². The van der Waals surface area contributed by atoms with Crippen LogP contribution in [0.4, 0.5) is 0 Å². The molecule has 0 saturated carbocycles. The molecule has 6 heteroatoms. The normalized spacial score (nSPS) is 10.9. The van der Waals surface area contributed by atoms with Crippen LogP contribution in [-0.2, 0) is 6.42 Å². The molecule has 0 aliphatic heterocycles. The highest BCUT2D eigenvalue weighted by molar-refractivity contribution is 6.30. The molecule has 1 aromatic carbocycles. The number of carbonyl (C=O) groups excluding carboxylic acids is 1. The summed E-state index contributed by atoms with van der Waals surface area (Å²) < 4.78 is 1.68. The lowest BCUT2D eigenvalue weighted by molar-refractivity contribution is 0.0955. The van der Waals surface area contributed by atoms with Crippen molar-refractivity contribution in [2.45, 2.75) is 20.3 Å². The van der Waals surface area contributed by atoms with Gasteiger partial charge in [-0.3, -0.25) is 4.79 Å². The van der Waals surface area contributed by atoms with Gasteiger partial charge in [-0.2, -0.15) is 5.10 Å². The fourth-order valence-corrected chi connectivity index (χ4v) is 2.62. The summed E-state index contributed by atoms with van der Waals surface area (Å²) in [5.74, 6) is -0.161. The lowest BCUT2D eigenvalue weighted by Gasteiger charge is -2.05. The van der Waals surface area contributed by atoms with E-state index in [0.717, 1.165) is 23.4 Å². The number of aromatic nitrogens is 3. The Morgan fingerprint density at radius 3 is 2.74 bits per heavy atom. The molecule has 3 rings (SSSR count). The second-order valence-corrected chi connectivity index (χ2v) is 5.90. The third-order valence-corrected chi connectivity index (χ3v) is 3.89. The van der Waals surface area contributed by atoms with Crippen molar-refractivity contribution in [3.63, 3.8) is 0 Å². The molecule has 0 bridgehead atoms. The summed E-state index contributed by atoms with van der Waals surface area (Å²) >= 11 is 5.86. The van der Waals surface area contributed by atoms with Crippen molar-refractivity contribution >= 4 is 23.2 Å². The fourth-order valence-electron chi connectivity index (χ4n) is 2.50. The maximum atomic E-state index is 12.4. The third kappa shape index (κ3) is 3.35. The van der Waals surface area contributed by atoms with Gasteiger partial charge in [-0.25, -0.2) is 9.50 Å². The van der Waals surface area contributed by atoms with Gasteiger partial charge in [-0.05, 0) is 44.0 Å². The molecule has 3 aromatic rings. The number of benzene rings is 1. The minimum Gasteiger partial charge on any atom is -0.352 e. The van der Waals surface area contributed by atoms with Gasteiger partial charge in [0.2, 0.25) is 0 Å². The van der Waals surface area contributed by atoms with Gasteiger partial charge >= 0.3 is 0 Å². The number of halogens is 1. The van der Waals surface area contributed by atoms with Crippen LogP contribution in [-0.4, -0.2) is 27.0 Å². The van der Waals surface area contributed by atoms with Crippen molar-refractivity contribution in [2.75, 3.05) is 6.54 Å². The predicted octanol–water partition coefficient (Wildman–Crippen LogP) is 2.97. The molecule has 0 fully saturated rings. The number of carbonyl (C=O) groups is 1. The van der Waals surface area contributed by atoms with Crippen LogP contribution in [0.3, 0.4) is 0 Å². The monoisotopic (exact) mass is 328 g/mol. The SMILES string of the molecule is Cc1cc(C)n2ncc(C(=O)NCCc3ccc(Cl)cc3)c2n1. The Balaban J connectivity index is 1.70. The van der Waals surface area contributed by atoms with E-state index < -0.39 is 0 Å². The van der Waals surface area contributed by atoms with Gasteiger partial charge in [0, 0.05) is 23.0 Å². The number of aryl methyl sites for hydroxylation is 2. The summed E-state index contributed by atoms with van der Waals surface area (Å²) in [7, 11) is 0. The van der Waals surface area contributed by atoms with E-state index >= 15 is 0 Å². The molecule has 118 valence electrons. The highest BCUT2D eigenvalue weighted by atomic mass is 35.5. The van der Waals surface area contributed by atoms with E-state index in [0.29, 0.717) is 22.8 Å².